The molecule has 0 bridgehead atoms. The maximum atomic E-state index is 13.5. The minimum absolute atomic E-state index is 0.0497. The zero-order valence-electron chi connectivity index (χ0n) is 21.0. The van der Waals surface area contributed by atoms with Crippen molar-refractivity contribution in [3.63, 3.8) is 0 Å². The number of hydrogen-bond donors (Lipinski definition) is 2. The molecule has 8 nitrogen and oxygen atoms in total. The van der Waals surface area contributed by atoms with E-state index in [4.69, 9.17) is 32.7 Å². The average molecular weight is 606 g/mol. The van der Waals surface area contributed by atoms with Gasteiger partial charge in [0.25, 0.3) is 11.8 Å². The van der Waals surface area contributed by atoms with Crippen molar-refractivity contribution >= 4 is 46.6 Å². The molecule has 2 aromatic carbocycles. The molecule has 40 heavy (non-hydrogen) atoms. The molecular formula is C26H25Cl2F4N3O5. The van der Waals surface area contributed by atoms with Crippen molar-refractivity contribution in [2.45, 2.75) is 38.0 Å². The summed E-state index contributed by atoms with van der Waals surface area (Å²) < 4.78 is 61.9. The van der Waals surface area contributed by atoms with Gasteiger partial charge in [0.05, 0.1) is 17.3 Å². The predicted molar refractivity (Wildman–Crippen MR) is 140 cm³/mol. The Morgan fingerprint density at radius 3 is 2.58 bits per heavy atom. The Bertz CT molecular complexity index is 1280. The highest BCUT2D eigenvalue weighted by Gasteiger charge is 2.34. The van der Waals surface area contributed by atoms with Crippen LogP contribution in [0.3, 0.4) is 0 Å². The monoisotopic (exact) mass is 605 g/mol. The normalized spacial score (nSPS) is 14.6. The molecule has 0 saturated carbocycles. The molecule has 1 aliphatic rings. The molecule has 3 amide bonds. The number of nitrogens with zero attached hydrogens (tertiary/aromatic N) is 1. The Labute approximate surface area is 237 Å². The number of carbonyl (C=O) groups excluding carboxylic acids is 3. The molecule has 1 aliphatic heterocycles. The van der Waals surface area contributed by atoms with Crippen molar-refractivity contribution in [1.82, 2.24) is 10.6 Å². The van der Waals surface area contributed by atoms with Gasteiger partial charge < -0.3 is 25.0 Å². The van der Waals surface area contributed by atoms with Gasteiger partial charge in [0.1, 0.15) is 17.3 Å². The molecule has 0 fully saturated rings. The lowest BCUT2D eigenvalue weighted by molar-refractivity contribution is -0.137. The van der Waals surface area contributed by atoms with Gasteiger partial charge in [-0.2, -0.15) is 13.2 Å². The lowest BCUT2D eigenvalue weighted by Crippen LogP contribution is -2.51. The second-order valence-electron chi connectivity index (χ2n) is 8.75. The van der Waals surface area contributed by atoms with Crippen LogP contribution >= 0.6 is 23.2 Å². The Morgan fingerprint density at radius 2 is 1.88 bits per heavy atom. The molecule has 14 heteroatoms. The SMILES string of the molecule is C=C(CCNC(=O)C1CN(C(=O)CCCC(F)(F)F)c2cc(Cl)ccc2O1)NC(=O)COc1ccc(Cl)c(F)c1. The lowest BCUT2D eigenvalue weighted by atomic mass is 10.1. The van der Waals surface area contributed by atoms with Crippen molar-refractivity contribution < 1.29 is 41.4 Å². The fraction of sp³-hybridized carbons (Fsp3) is 0.346. The molecule has 0 radical (unpaired) electrons. The van der Waals surface area contributed by atoms with Crippen LogP contribution in [0.4, 0.5) is 23.2 Å². The second kappa shape index (κ2) is 13.7. The molecule has 3 rings (SSSR count). The highest BCUT2D eigenvalue weighted by molar-refractivity contribution is 6.31. The second-order valence-corrected chi connectivity index (χ2v) is 9.59. The summed E-state index contributed by atoms with van der Waals surface area (Å²) in [6.07, 6.45) is -7.27. The summed E-state index contributed by atoms with van der Waals surface area (Å²) in [5, 5.41) is 5.31. The van der Waals surface area contributed by atoms with E-state index in [0.717, 1.165) is 6.07 Å². The molecule has 0 saturated heterocycles. The molecule has 216 valence electrons. The smallest absolute Gasteiger partial charge is 0.389 e. The number of benzene rings is 2. The van der Waals surface area contributed by atoms with Crippen LogP contribution in [0.5, 0.6) is 11.5 Å². The summed E-state index contributed by atoms with van der Waals surface area (Å²) in [4.78, 5) is 38.8. The van der Waals surface area contributed by atoms with E-state index < -0.39 is 55.3 Å². The fourth-order valence-corrected chi connectivity index (χ4v) is 3.95. The molecule has 1 atom stereocenters. The number of hydrogen-bond acceptors (Lipinski definition) is 5. The summed E-state index contributed by atoms with van der Waals surface area (Å²) in [7, 11) is 0. The van der Waals surface area contributed by atoms with Gasteiger partial charge in [-0.15, -0.1) is 0 Å². The third-order valence-electron chi connectivity index (χ3n) is 5.58. The summed E-state index contributed by atoms with van der Waals surface area (Å²) in [5.74, 6) is -2.15. The average Bonchev–Trinajstić information content (AvgIpc) is 2.87. The predicted octanol–water partition coefficient (Wildman–Crippen LogP) is 5.17. The van der Waals surface area contributed by atoms with Crippen LogP contribution in [-0.2, 0) is 14.4 Å². The zero-order chi connectivity index (χ0) is 29.4. The lowest BCUT2D eigenvalue weighted by Gasteiger charge is -2.34. The van der Waals surface area contributed by atoms with Crippen LogP contribution in [0.25, 0.3) is 0 Å². The van der Waals surface area contributed by atoms with Crippen molar-refractivity contribution in [2.24, 2.45) is 0 Å². The van der Waals surface area contributed by atoms with Crippen LogP contribution < -0.4 is 25.0 Å². The Balaban J connectivity index is 1.49. The summed E-state index contributed by atoms with van der Waals surface area (Å²) in [6, 6.07) is 8.13. The first kappa shape index (κ1) is 31.0. The Hall–Kier alpha value is -3.51. The summed E-state index contributed by atoms with van der Waals surface area (Å²) >= 11 is 11.6. The molecule has 0 aliphatic carbocycles. The standard InChI is InChI=1S/C26H25Cl2F4N3O5/c1-15(34-23(36)14-39-17-5-6-18(28)19(29)12-17)8-10-33-25(38)22-13-35(24(37)3-2-9-26(30,31)32)20-11-16(27)4-7-21(20)40-22/h4-7,11-12,22H,1-3,8-10,13-14H2,(H,33,38)(H,34,36). The van der Waals surface area contributed by atoms with Crippen molar-refractivity contribution in [3.05, 3.63) is 64.5 Å². The highest BCUT2D eigenvalue weighted by atomic mass is 35.5. The third kappa shape index (κ3) is 9.30. The third-order valence-corrected chi connectivity index (χ3v) is 6.12. The van der Waals surface area contributed by atoms with E-state index in [1.165, 1.54) is 35.2 Å². The topological polar surface area (TPSA) is 97.0 Å². The zero-order valence-corrected chi connectivity index (χ0v) is 22.5. The van der Waals surface area contributed by atoms with Gasteiger partial charge in [-0.1, -0.05) is 29.8 Å². The number of nitrogens with one attached hydrogen (secondary N) is 2. The molecule has 2 aromatic rings. The molecule has 0 spiro atoms. The first-order valence-electron chi connectivity index (χ1n) is 12.0. The van der Waals surface area contributed by atoms with Crippen LogP contribution in [0.1, 0.15) is 25.7 Å². The first-order valence-corrected chi connectivity index (χ1v) is 12.7. The van der Waals surface area contributed by atoms with Crippen molar-refractivity contribution in [3.8, 4) is 11.5 Å². The van der Waals surface area contributed by atoms with Gasteiger partial charge in [-0.3, -0.25) is 14.4 Å². The molecule has 0 aromatic heterocycles. The van der Waals surface area contributed by atoms with E-state index in [0.29, 0.717) is 0 Å². The van der Waals surface area contributed by atoms with Gasteiger partial charge in [0, 0.05) is 42.6 Å². The fourth-order valence-electron chi connectivity index (χ4n) is 3.67. The minimum Gasteiger partial charge on any atom is -0.484 e. The summed E-state index contributed by atoms with van der Waals surface area (Å²) in [6.45, 7) is 3.11. The molecule has 1 unspecified atom stereocenters. The van der Waals surface area contributed by atoms with Crippen molar-refractivity contribution in [2.75, 3.05) is 24.6 Å². The molecular weight excluding hydrogens is 581 g/mol. The number of fused-ring (bicyclic) bond motifs is 1. The van der Waals surface area contributed by atoms with Gasteiger partial charge in [-0.25, -0.2) is 4.39 Å². The number of rotatable bonds is 11. The van der Waals surface area contributed by atoms with E-state index in [-0.39, 0.29) is 58.9 Å². The number of ether oxygens (including phenoxy) is 2. The van der Waals surface area contributed by atoms with Crippen molar-refractivity contribution in [1.29, 1.82) is 0 Å². The Morgan fingerprint density at radius 1 is 1.12 bits per heavy atom. The van der Waals surface area contributed by atoms with E-state index in [9.17, 15) is 31.9 Å². The van der Waals surface area contributed by atoms with Crippen LogP contribution in [-0.4, -0.2) is 49.7 Å². The quantitative estimate of drug-likeness (QED) is 0.344. The largest absolute Gasteiger partial charge is 0.484 e. The van der Waals surface area contributed by atoms with E-state index in [1.807, 2.05) is 0 Å². The highest BCUT2D eigenvalue weighted by Crippen LogP contribution is 2.36. The van der Waals surface area contributed by atoms with Gasteiger partial charge in [-0.05, 0) is 36.8 Å². The summed E-state index contributed by atoms with van der Waals surface area (Å²) in [5.41, 5.74) is 0.524. The van der Waals surface area contributed by atoms with Gasteiger partial charge in [0.15, 0.2) is 12.7 Å². The molecule has 1 heterocycles. The number of anilines is 1. The number of amides is 3. The van der Waals surface area contributed by atoms with Gasteiger partial charge in [0.2, 0.25) is 5.91 Å². The minimum atomic E-state index is -4.39. The van der Waals surface area contributed by atoms with Crippen LogP contribution in [0.2, 0.25) is 10.0 Å². The first-order chi connectivity index (χ1) is 18.8. The number of halogens is 6. The van der Waals surface area contributed by atoms with E-state index >= 15 is 0 Å². The van der Waals surface area contributed by atoms with E-state index in [1.54, 1.807) is 0 Å². The molecule has 2 N–H and O–H groups in total. The number of alkyl halides is 3. The maximum Gasteiger partial charge on any atom is 0.389 e. The maximum absolute atomic E-state index is 13.5. The van der Waals surface area contributed by atoms with E-state index in [2.05, 4.69) is 17.2 Å². The van der Waals surface area contributed by atoms with Gasteiger partial charge >= 0.3 is 6.18 Å². The number of carbonyl (C=O) groups is 3. The van der Waals surface area contributed by atoms with Crippen LogP contribution in [0, 0.1) is 5.82 Å². The van der Waals surface area contributed by atoms with Crippen LogP contribution in [0.15, 0.2) is 48.7 Å². The Kier molecular flexibility index (Phi) is 10.6.